The molecule has 0 radical (unpaired) electrons. The average molecular weight is 206 g/mol. The van der Waals surface area contributed by atoms with Crippen molar-refractivity contribution >= 4 is 17.5 Å². The van der Waals surface area contributed by atoms with Crippen molar-refractivity contribution in [1.82, 2.24) is 5.32 Å². The fourth-order valence-electron chi connectivity index (χ4n) is 1.30. The maximum atomic E-state index is 11.6. The lowest BCUT2D eigenvalue weighted by Crippen LogP contribution is -2.53. The van der Waals surface area contributed by atoms with Crippen LogP contribution >= 0.6 is 11.6 Å². The first-order chi connectivity index (χ1) is 6.25. The van der Waals surface area contributed by atoms with Gasteiger partial charge in [0.15, 0.2) is 0 Å². The summed E-state index contributed by atoms with van der Waals surface area (Å²) in [6, 6.07) is 0. The van der Waals surface area contributed by atoms with Crippen molar-refractivity contribution in [1.29, 1.82) is 0 Å². The highest BCUT2D eigenvalue weighted by Crippen LogP contribution is 2.31. The van der Waals surface area contributed by atoms with E-state index in [1.807, 2.05) is 6.92 Å². The van der Waals surface area contributed by atoms with Crippen LogP contribution in [-0.4, -0.2) is 31.5 Å². The minimum absolute atomic E-state index is 0.117. The third kappa shape index (κ3) is 2.35. The second-order valence-corrected chi connectivity index (χ2v) is 3.80. The summed E-state index contributed by atoms with van der Waals surface area (Å²) >= 11 is 5.50. The largest absolute Gasteiger partial charge is 0.379 e. The topological polar surface area (TPSA) is 38.3 Å². The van der Waals surface area contributed by atoms with Crippen LogP contribution in [0, 0.1) is 5.41 Å². The van der Waals surface area contributed by atoms with Crippen LogP contribution in [0.1, 0.15) is 19.8 Å². The van der Waals surface area contributed by atoms with E-state index in [4.69, 9.17) is 16.3 Å². The van der Waals surface area contributed by atoms with E-state index >= 15 is 0 Å². The van der Waals surface area contributed by atoms with Gasteiger partial charge < -0.3 is 10.1 Å². The van der Waals surface area contributed by atoms with Crippen molar-refractivity contribution in [2.24, 2.45) is 5.41 Å². The van der Waals surface area contributed by atoms with Crippen molar-refractivity contribution in [3.05, 3.63) is 0 Å². The van der Waals surface area contributed by atoms with Gasteiger partial charge in [0.1, 0.15) is 0 Å². The van der Waals surface area contributed by atoms with Crippen molar-refractivity contribution in [3.63, 3.8) is 0 Å². The molecule has 1 saturated heterocycles. The number of alkyl halides is 1. The van der Waals surface area contributed by atoms with Gasteiger partial charge in [-0.15, -0.1) is 11.6 Å². The number of ether oxygens (including phenoxy) is 1. The molecule has 0 spiro atoms. The summed E-state index contributed by atoms with van der Waals surface area (Å²) in [6.45, 7) is 3.82. The Labute approximate surface area is 83.8 Å². The Morgan fingerprint density at radius 2 is 2.31 bits per heavy atom. The van der Waals surface area contributed by atoms with Gasteiger partial charge in [0.05, 0.1) is 18.6 Å². The monoisotopic (exact) mass is 205 g/mol. The van der Waals surface area contributed by atoms with Gasteiger partial charge in [0.25, 0.3) is 0 Å². The molecule has 1 aliphatic rings. The summed E-state index contributed by atoms with van der Waals surface area (Å²) in [5.74, 6) is 0.710. The lowest BCUT2D eigenvalue weighted by molar-refractivity contribution is -0.162. The van der Waals surface area contributed by atoms with Crippen LogP contribution in [0.2, 0.25) is 0 Å². The summed E-state index contributed by atoms with van der Waals surface area (Å²) < 4.78 is 5.07. The molecule has 0 aromatic rings. The van der Waals surface area contributed by atoms with Crippen LogP contribution in [0.4, 0.5) is 0 Å². The average Bonchev–Trinajstić information content (AvgIpc) is 2.04. The molecule has 0 saturated carbocycles. The molecule has 0 bridgehead atoms. The highest BCUT2D eigenvalue weighted by Gasteiger charge is 2.43. The predicted octanol–water partition coefficient (Wildman–Crippen LogP) is 1.16. The molecule has 3 nitrogen and oxygen atoms in total. The van der Waals surface area contributed by atoms with E-state index in [0.717, 1.165) is 12.8 Å². The summed E-state index contributed by atoms with van der Waals surface area (Å²) in [7, 11) is 0. The first-order valence-corrected chi connectivity index (χ1v) is 5.20. The standard InChI is InChI=1S/C9H16ClNO2/c1-2-9(6-13-7-9)8(12)11-5-3-4-10/h2-7H2,1H3,(H,11,12). The molecular weight excluding hydrogens is 190 g/mol. The van der Waals surface area contributed by atoms with Gasteiger partial charge in [0, 0.05) is 12.4 Å². The zero-order chi connectivity index (χ0) is 9.73. The molecule has 1 N–H and O–H groups in total. The second kappa shape index (κ2) is 4.82. The van der Waals surface area contributed by atoms with Crippen LogP contribution in [0.25, 0.3) is 0 Å². The van der Waals surface area contributed by atoms with Crippen LogP contribution in [0.5, 0.6) is 0 Å². The number of carbonyl (C=O) groups is 1. The second-order valence-electron chi connectivity index (χ2n) is 3.43. The molecule has 1 amide bonds. The molecular formula is C9H16ClNO2. The van der Waals surface area contributed by atoms with Crippen LogP contribution in [0.15, 0.2) is 0 Å². The number of nitrogens with one attached hydrogen (secondary N) is 1. The van der Waals surface area contributed by atoms with Crippen molar-refractivity contribution in [2.75, 3.05) is 25.6 Å². The summed E-state index contributed by atoms with van der Waals surface area (Å²) in [5.41, 5.74) is -0.244. The lowest BCUT2D eigenvalue weighted by atomic mass is 9.82. The van der Waals surface area contributed by atoms with Crippen molar-refractivity contribution in [3.8, 4) is 0 Å². The minimum atomic E-state index is -0.244. The summed E-state index contributed by atoms with van der Waals surface area (Å²) in [5, 5.41) is 2.87. The molecule has 0 aromatic heterocycles. The van der Waals surface area contributed by atoms with Gasteiger partial charge in [-0.25, -0.2) is 0 Å². The fraction of sp³-hybridized carbons (Fsp3) is 0.889. The van der Waals surface area contributed by atoms with E-state index in [0.29, 0.717) is 25.6 Å². The van der Waals surface area contributed by atoms with E-state index in [1.54, 1.807) is 0 Å². The highest BCUT2D eigenvalue weighted by atomic mass is 35.5. The third-order valence-electron chi connectivity index (χ3n) is 2.51. The van der Waals surface area contributed by atoms with Gasteiger partial charge in [-0.05, 0) is 12.8 Å². The summed E-state index contributed by atoms with van der Waals surface area (Å²) in [6.07, 6.45) is 1.67. The highest BCUT2D eigenvalue weighted by molar-refractivity contribution is 6.17. The van der Waals surface area contributed by atoms with Crippen LogP contribution in [-0.2, 0) is 9.53 Å². The third-order valence-corrected chi connectivity index (χ3v) is 2.78. The Bertz CT molecular complexity index is 175. The Morgan fingerprint density at radius 1 is 1.62 bits per heavy atom. The Morgan fingerprint density at radius 3 is 2.69 bits per heavy atom. The minimum Gasteiger partial charge on any atom is -0.379 e. The molecule has 0 aromatic carbocycles. The van der Waals surface area contributed by atoms with E-state index in [-0.39, 0.29) is 11.3 Å². The maximum absolute atomic E-state index is 11.6. The smallest absolute Gasteiger partial charge is 0.230 e. The zero-order valence-electron chi connectivity index (χ0n) is 7.94. The molecule has 0 unspecified atom stereocenters. The van der Waals surface area contributed by atoms with E-state index in [9.17, 15) is 4.79 Å². The molecule has 1 rings (SSSR count). The maximum Gasteiger partial charge on any atom is 0.230 e. The number of rotatable bonds is 5. The van der Waals surface area contributed by atoms with Gasteiger partial charge in [-0.3, -0.25) is 4.79 Å². The molecule has 0 atom stereocenters. The number of hydrogen-bond acceptors (Lipinski definition) is 2. The first kappa shape index (κ1) is 10.8. The zero-order valence-corrected chi connectivity index (χ0v) is 8.69. The van der Waals surface area contributed by atoms with Crippen molar-refractivity contribution < 1.29 is 9.53 Å². The molecule has 4 heteroatoms. The Kier molecular flexibility index (Phi) is 4.00. The number of carbonyl (C=O) groups excluding carboxylic acids is 1. The quantitative estimate of drug-likeness (QED) is 0.541. The van der Waals surface area contributed by atoms with Crippen LogP contribution < -0.4 is 5.32 Å². The van der Waals surface area contributed by atoms with E-state index < -0.39 is 0 Å². The molecule has 1 fully saturated rings. The summed E-state index contributed by atoms with van der Waals surface area (Å²) in [4.78, 5) is 11.6. The van der Waals surface area contributed by atoms with E-state index in [1.165, 1.54) is 0 Å². The molecule has 0 aliphatic carbocycles. The van der Waals surface area contributed by atoms with Crippen LogP contribution in [0.3, 0.4) is 0 Å². The number of halogens is 1. The molecule has 13 heavy (non-hydrogen) atoms. The number of amides is 1. The SMILES string of the molecule is CCC1(C(=O)NCCCCl)COC1. The van der Waals surface area contributed by atoms with Gasteiger partial charge in [0.2, 0.25) is 5.91 Å². The predicted molar refractivity (Wildman–Crippen MR) is 51.9 cm³/mol. The van der Waals surface area contributed by atoms with Crippen molar-refractivity contribution in [2.45, 2.75) is 19.8 Å². The Balaban J connectivity index is 2.28. The molecule has 76 valence electrons. The van der Waals surface area contributed by atoms with E-state index in [2.05, 4.69) is 5.32 Å². The Hall–Kier alpha value is -0.280. The number of hydrogen-bond donors (Lipinski definition) is 1. The van der Waals surface area contributed by atoms with Gasteiger partial charge in [-0.1, -0.05) is 6.92 Å². The normalized spacial score (nSPS) is 19.2. The first-order valence-electron chi connectivity index (χ1n) is 4.67. The fourth-order valence-corrected chi connectivity index (χ4v) is 1.43. The molecule has 1 heterocycles. The lowest BCUT2D eigenvalue weighted by Gasteiger charge is -2.38. The van der Waals surface area contributed by atoms with Gasteiger partial charge in [-0.2, -0.15) is 0 Å². The molecule has 1 aliphatic heterocycles. The van der Waals surface area contributed by atoms with Gasteiger partial charge >= 0.3 is 0 Å².